The normalized spacial score (nSPS) is 11.2. The first-order chi connectivity index (χ1) is 12.9. The van der Waals surface area contributed by atoms with Crippen LogP contribution in [0, 0.1) is 13.8 Å². The minimum absolute atomic E-state index is 0.127. The molecule has 1 aromatic carbocycles. The van der Waals surface area contributed by atoms with Gasteiger partial charge in [0, 0.05) is 36.0 Å². The number of benzene rings is 1. The Balaban J connectivity index is 2.27. The van der Waals surface area contributed by atoms with E-state index in [1.807, 2.05) is 47.7 Å². The summed E-state index contributed by atoms with van der Waals surface area (Å²) in [7, 11) is 1.67. The monoisotopic (exact) mass is 391 g/mol. The predicted octanol–water partition coefficient (Wildman–Crippen LogP) is 4.35. The number of carbonyl (C=O) groups excluding carboxylic acids is 1. The van der Waals surface area contributed by atoms with Crippen molar-refractivity contribution in [3.63, 3.8) is 0 Å². The summed E-state index contributed by atoms with van der Waals surface area (Å²) in [6.07, 6.45) is 2.23. The number of methoxy groups -OCH3 is 1. The van der Waals surface area contributed by atoms with Gasteiger partial charge in [0.1, 0.15) is 0 Å². The van der Waals surface area contributed by atoms with Gasteiger partial charge in [0.25, 0.3) is 0 Å². The minimum Gasteiger partial charge on any atom is -0.383 e. The Hall–Kier alpha value is -1.85. The van der Waals surface area contributed by atoms with Crippen molar-refractivity contribution in [2.75, 3.05) is 20.3 Å². The van der Waals surface area contributed by atoms with Crippen LogP contribution >= 0.6 is 11.6 Å². The van der Waals surface area contributed by atoms with Crippen LogP contribution in [-0.4, -0.2) is 46.9 Å². The molecule has 1 heterocycles. The lowest BCUT2D eigenvalue weighted by Gasteiger charge is -2.30. The number of aromatic nitrogens is 2. The smallest absolute Gasteiger partial charge is 0.227 e. The quantitative estimate of drug-likeness (QED) is 0.638. The van der Waals surface area contributed by atoms with Crippen LogP contribution in [-0.2, 0) is 16.0 Å². The third kappa shape index (κ3) is 5.11. The fourth-order valence-electron chi connectivity index (χ4n) is 3.45. The van der Waals surface area contributed by atoms with Crippen LogP contribution in [0.4, 0.5) is 0 Å². The molecule has 1 amide bonds. The Morgan fingerprint density at radius 3 is 2.41 bits per heavy atom. The molecular formula is C21H30ClN3O2. The first kappa shape index (κ1) is 21.5. The molecule has 0 fully saturated rings. The maximum absolute atomic E-state index is 13.1. The van der Waals surface area contributed by atoms with Gasteiger partial charge in [0.2, 0.25) is 5.91 Å². The van der Waals surface area contributed by atoms with Crippen LogP contribution in [0.3, 0.4) is 0 Å². The number of hydrogen-bond acceptors (Lipinski definition) is 3. The van der Waals surface area contributed by atoms with E-state index in [1.54, 1.807) is 7.11 Å². The number of amides is 1. The molecule has 0 saturated carbocycles. The first-order valence-corrected chi connectivity index (χ1v) is 9.90. The number of rotatable bonds is 9. The second kappa shape index (κ2) is 9.90. The molecule has 6 heteroatoms. The molecule has 148 valence electrons. The molecule has 0 N–H and O–H groups in total. The molecule has 2 aromatic rings. The third-order valence-electron chi connectivity index (χ3n) is 5.08. The minimum atomic E-state index is 0.127. The molecule has 0 aliphatic rings. The number of ether oxygens (including phenoxy) is 1. The average molecular weight is 392 g/mol. The Kier molecular flexibility index (Phi) is 7.87. The summed E-state index contributed by atoms with van der Waals surface area (Å²) in [5, 5.41) is 5.34. The summed E-state index contributed by atoms with van der Waals surface area (Å²) >= 11 is 5.99. The Labute approximate surface area is 167 Å². The lowest BCUT2D eigenvalue weighted by Crippen LogP contribution is -2.42. The first-order valence-electron chi connectivity index (χ1n) is 9.52. The van der Waals surface area contributed by atoms with Gasteiger partial charge in [0.05, 0.1) is 24.4 Å². The van der Waals surface area contributed by atoms with Crippen molar-refractivity contribution in [2.45, 2.75) is 53.0 Å². The fourth-order valence-corrected chi connectivity index (χ4v) is 3.57. The highest BCUT2D eigenvalue weighted by Crippen LogP contribution is 2.21. The number of carbonyl (C=O) groups is 1. The zero-order valence-corrected chi connectivity index (χ0v) is 17.7. The van der Waals surface area contributed by atoms with Crippen molar-refractivity contribution >= 4 is 17.5 Å². The topological polar surface area (TPSA) is 47.4 Å². The Bertz CT molecular complexity index is 752. The number of aryl methyl sites for hydroxylation is 1. The van der Waals surface area contributed by atoms with Gasteiger partial charge in [-0.05, 0) is 51.0 Å². The molecule has 5 nitrogen and oxygen atoms in total. The second-order valence-electron chi connectivity index (χ2n) is 6.76. The average Bonchev–Trinajstić information content (AvgIpc) is 2.94. The van der Waals surface area contributed by atoms with Crippen LogP contribution < -0.4 is 0 Å². The van der Waals surface area contributed by atoms with Crippen molar-refractivity contribution in [3.8, 4) is 5.69 Å². The van der Waals surface area contributed by atoms with E-state index in [9.17, 15) is 4.79 Å². The molecule has 0 atom stereocenters. The van der Waals surface area contributed by atoms with Crippen molar-refractivity contribution in [3.05, 3.63) is 46.2 Å². The van der Waals surface area contributed by atoms with Crippen LogP contribution in [0.5, 0.6) is 0 Å². The van der Waals surface area contributed by atoms with Crippen molar-refractivity contribution in [2.24, 2.45) is 0 Å². The maximum atomic E-state index is 13.1. The highest BCUT2D eigenvalue weighted by molar-refractivity contribution is 6.30. The van der Waals surface area contributed by atoms with E-state index in [0.29, 0.717) is 24.6 Å². The van der Waals surface area contributed by atoms with E-state index < -0.39 is 0 Å². The second-order valence-corrected chi connectivity index (χ2v) is 7.20. The zero-order chi connectivity index (χ0) is 20.0. The van der Waals surface area contributed by atoms with Gasteiger partial charge < -0.3 is 9.64 Å². The van der Waals surface area contributed by atoms with E-state index >= 15 is 0 Å². The molecule has 1 aromatic heterocycles. The zero-order valence-electron chi connectivity index (χ0n) is 17.0. The predicted molar refractivity (Wildman–Crippen MR) is 110 cm³/mol. The van der Waals surface area contributed by atoms with Gasteiger partial charge in [-0.3, -0.25) is 4.79 Å². The van der Waals surface area contributed by atoms with E-state index in [2.05, 4.69) is 18.9 Å². The third-order valence-corrected chi connectivity index (χ3v) is 5.33. The van der Waals surface area contributed by atoms with E-state index in [-0.39, 0.29) is 11.9 Å². The molecule has 0 aliphatic heterocycles. The van der Waals surface area contributed by atoms with E-state index in [1.165, 1.54) is 0 Å². The summed E-state index contributed by atoms with van der Waals surface area (Å²) in [6.45, 7) is 9.37. The number of nitrogens with zero attached hydrogens (tertiary/aromatic N) is 3. The maximum Gasteiger partial charge on any atom is 0.227 e. The number of hydrogen-bond donors (Lipinski definition) is 0. The molecular weight excluding hydrogens is 362 g/mol. The summed E-state index contributed by atoms with van der Waals surface area (Å²) in [4.78, 5) is 15.0. The standard InChI is InChI=1S/C21H30ClN3O2/c1-6-18(7-2)24(12-13-27-5)21(26)14-20-15(3)23-25(16(20)4)19-10-8-17(22)9-11-19/h8-11,18H,6-7,12-14H2,1-5H3. The Morgan fingerprint density at radius 1 is 1.22 bits per heavy atom. The molecule has 0 aliphatic carbocycles. The highest BCUT2D eigenvalue weighted by Gasteiger charge is 2.24. The molecule has 0 spiro atoms. The number of halogens is 1. The van der Waals surface area contributed by atoms with Crippen molar-refractivity contribution in [1.29, 1.82) is 0 Å². The molecule has 2 rings (SSSR count). The van der Waals surface area contributed by atoms with Gasteiger partial charge >= 0.3 is 0 Å². The fraction of sp³-hybridized carbons (Fsp3) is 0.524. The van der Waals surface area contributed by atoms with Gasteiger partial charge in [-0.1, -0.05) is 25.4 Å². The highest BCUT2D eigenvalue weighted by atomic mass is 35.5. The van der Waals surface area contributed by atoms with Crippen LogP contribution in [0.2, 0.25) is 5.02 Å². The summed E-state index contributed by atoms with van der Waals surface area (Å²) in [6, 6.07) is 7.79. The van der Waals surface area contributed by atoms with Crippen LogP contribution in [0.1, 0.15) is 43.6 Å². The van der Waals surface area contributed by atoms with E-state index in [4.69, 9.17) is 16.3 Å². The molecule has 27 heavy (non-hydrogen) atoms. The van der Waals surface area contributed by atoms with Crippen molar-refractivity contribution < 1.29 is 9.53 Å². The lowest BCUT2D eigenvalue weighted by molar-refractivity contribution is -0.133. The van der Waals surface area contributed by atoms with Gasteiger partial charge in [-0.2, -0.15) is 5.10 Å². The molecule has 0 unspecified atom stereocenters. The Morgan fingerprint density at radius 2 is 1.85 bits per heavy atom. The molecule has 0 radical (unpaired) electrons. The van der Waals surface area contributed by atoms with E-state index in [0.717, 1.165) is 35.5 Å². The summed E-state index contributed by atoms with van der Waals surface area (Å²) in [5.41, 5.74) is 3.80. The van der Waals surface area contributed by atoms with Gasteiger partial charge in [0.15, 0.2) is 0 Å². The molecule has 0 saturated heterocycles. The molecule has 0 bridgehead atoms. The SMILES string of the molecule is CCC(CC)N(CCOC)C(=O)Cc1c(C)nn(-c2ccc(Cl)cc2)c1C. The summed E-state index contributed by atoms with van der Waals surface area (Å²) < 4.78 is 7.09. The van der Waals surface area contributed by atoms with Crippen molar-refractivity contribution in [1.82, 2.24) is 14.7 Å². The summed E-state index contributed by atoms with van der Waals surface area (Å²) in [5.74, 6) is 0.127. The van der Waals surface area contributed by atoms with Gasteiger partial charge in [-0.15, -0.1) is 0 Å². The van der Waals surface area contributed by atoms with Gasteiger partial charge in [-0.25, -0.2) is 4.68 Å². The van der Waals surface area contributed by atoms with Crippen LogP contribution in [0.15, 0.2) is 24.3 Å². The largest absolute Gasteiger partial charge is 0.383 e. The van der Waals surface area contributed by atoms with Crippen LogP contribution in [0.25, 0.3) is 5.69 Å². The lowest BCUT2D eigenvalue weighted by atomic mass is 10.1.